The third kappa shape index (κ3) is 7.39. The van der Waals surface area contributed by atoms with Crippen molar-refractivity contribution in [2.24, 2.45) is 0 Å². The number of hydrogen-bond acceptors (Lipinski definition) is 4. The maximum Gasteiger partial charge on any atom is 0.516 e. The van der Waals surface area contributed by atoms with E-state index >= 15 is 0 Å². The van der Waals surface area contributed by atoms with Gasteiger partial charge in [0.05, 0.1) is 22.0 Å². The summed E-state index contributed by atoms with van der Waals surface area (Å²) < 4.78 is 67.6. The van der Waals surface area contributed by atoms with Gasteiger partial charge in [0.15, 0.2) is 0 Å². The molecule has 0 radical (unpaired) electrons. The second-order valence-corrected chi connectivity index (χ2v) is 12.3. The van der Waals surface area contributed by atoms with Gasteiger partial charge in [0.2, 0.25) is 0 Å². The topological polar surface area (TPSA) is 101 Å². The number of imidazole rings is 1. The molecule has 2 N–H and O–H groups in total. The summed E-state index contributed by atoms with van der Waals surface area (Å²) in [5.74, 6) is -0.710. The molecule has 1 aromatic heterocycles. The predicted octanol–water partition coefficient (Wildman–Crippen LogP) is 8.70. The van der Waals surface area contributed by atoms with E-state index in [1.165, 1.54) is 36.4 Å². The monoisotopic (exact) mass is 671 g/mol. The summed E-state index contributed by atoms with van der Waals surface area (Å²) in [5, 5.41) is 10.00. The average molecular weight is 673 g/mol. The van der Waals surface area contributed by atoms with Crippen LogP contribution in [0.1, 0.15) is 27.3 Å². The lowest BCUT2D eigenvalue weighted by Crippen LogP contribution is -2.30. The molecule has 5 aromatic rings. The molecule has 5 rings (SSSR count). The normalized spacial score (nSPS) is 12.0. The van der Waals surface area contributed by atoms with Crippen LogP contribution in [0.25, 0.3) is 34.5 Å². The lowest BCUT2D eigenvalue weighted by molar-refractivity contribution is -0.0429. The lowest BCUT2D eigenvalue weighted by atomic mass is 10.0. The van der Waals surface area contributed by atoms with Crippen molar-refractivity contribution < 1.29 is 31.5 Å². The van der Waals surface area contributed by atoms with E-state index in [1.807, 2.05) is 0 Å². The Kier molecular flexibility index (Phi) is 9.06. The molecule has 230 valence electrons. The molecule has 0 atom stereocenters. The van der Waals surface area contributed by atoms with Crippen molar-refractivity contribution in [3.05, 3.63) is 130 Å². The summed E-state index contributed by atoms with van der Waals surface area (Å²) >= 11 is 12.5. The molecule has 0 aliphatic rings. The number of hydrogen-bond donors (Lipinski definition) is 2. The average Bonchev–Trinajstić information content (AvgIpc) is 3.38. The van der Waals surface area contributed by atoms with Gasteiger partial charge in [0.25, 0.3) is 0 Å². The number of carboxylic acids is 1. The minimum atomic E-state index is -5.73. The van der Waals surface area contributed by atoms with Crippen molar-refractivity contribution in [3.63, 3.8) is 0 Å². The number of aromatic carboxylic acids is 1. The van der Waals surface area contributed by atoms with Gasteiger partial charge >= 0.3 is 21.5 Å². The van der Waals surface area contributed by atoms with Gasteiger partial charge in [0.1, 0.15) is 5.82 Å². The summed E-state index contributed by atoms with van der Waals surface area (Å²) in [6.07, 6.45) is 4.69. The van der Waals surface area contributed by atoms with Crippen LogP contribution < -0.4 is 4.72 Å². The Morgan fingerprint density at radius 3 is 2.27 bits per heavy atom. The van der Waals surface area contributed by atoms with Crippen LogP contribution in [0.15, 0.2) is 97.2 Å². The summed E-state index contributed by atoms with van der Waals surface area (Å²) in [4.78, 5) is 16.0. The molecular formula is C32H22Cl2F3N3O4S. The van der Waals surface area contributed by atoms with Gasteiger partial charge in [-0.05, 0) is 70.8 Å². The van der Waals surface area contributed by atoms with Gasteiger partial charge in [-0.15, -0.1) is 0 Å². The number of nitrogens with one attached hydrogen (secondary N) is 1. The molecule has 4 aromatic carbocycles. The van der Waals surface area contributed by atoms with Gasteiger partial charge in [-0.2, -0.15) is 21.6 Å². The van der Waals surface area contributed by atoms with Crippen LogP contribution in [-0.4, -0.2) is 34.6 Å². The number of sulfonamides is 1. The zero-order valence-electron chi connectivity index (χ0n) is 23.0. The summed E-state index contributed by atoms with van der Waals surface area (Å²) in [6, 6.07) is 24.4. The first kappa shape index (κ1) is 31.8. The summed E-state index contributed by atoms with van der Waals surface area (Å²) in [6.45, 7) is 0.248. The Hall–Kier alpha value is -4.58. The molecule has 0 saturated heterocycles. The Morgan fingerprint density at radius 2 is 1.62 bits per heavy atom. The second-order valence-electron chi connectivity index (χ2n) is 9.79. The third-order valence-corrected chi connectivity index (χ3v) is 8.34. The number of benzene rings is 4. The highest BCUT2D eigenvalue weighted by Gasteiger charge is 2.46. The van der Waals surface area contributed by atoms with Crippen LogP contribution in [0.4, 0.5) is 18.9 Å². The fraction of sp³-hybridized carbons (Fsp3) is 0.0625. The Labute approximate surface area is 266 Å². The Balaban J connectivity index is 1.58. The number of carboxylic acid groups (broad SMARTS) is 1. The zero-order valence-corrected chi connectivity index (χ0v) is 25.3. The molecule has 45 heavy (non-hydrogen) atoms. The van der Waals surface area contributed by atoms with Crippen molar-refractivity contribution in [3.8, 4) is 22.4 Å². The van der Waals surface area contributed by atoms with E-state index in [0.29, 0.717) is 38.3 Å². The first-order valence-corrected chi connectivity index (χ1v) is 15.4. The molecule has 0 aliphatic carbocycles. The minimum Gasteiger partial charge on any atom is -0.478 e. The number of halogens is 5. The number of alkyl halides is 3. The van der Waals surface area contributed by atoms with E-state index in [0.717, 1.165) is 5.56 Å². The molecule has 0 saturated carbocycles. The van der Waals surface area contributed by atoms with Crippen LogP contribution in [0.3, 0.4) is 0 Å². The largest absolute Gasteiger partial charge is 0.516 e. The van der Waals surface area contributed by atoms with Crippen molar-refractivity contribution in [1.29, 1.82) is 0 Å². The van der Waals surface area contributed by atoms with E-state index in [4.69, 9.17) is 23.2 Å². The van der Waals surface area contributed by atoms with Crippen molar-refractivity contribution in [2.75, 3.05) is 4.72 Å². The first-order chi connectivity index (χ1) is 21.3. The number of aromatic nitrogens is 2. The van der Waals surface area contributed by atoms with Gasteiger partial charge in [-0.25, -0.2) is 9.78 Å². The fourth-order valence-electron chi connectivity index (χ4n) is 4.43. The fourth-order valence-corrected chi connectivity index (χ4v) is 5.52. The van der Waals surface area contributed by atoms with Gasteiger partial charge in [-0.3, -0.25) is 4.72 Å². The van der Waals surface area contributed by atoms with Crippen molar-refractivity contribution in [2.45, 2.75) is 12.1 Å². The SMILES string of the molecule is O=C(O)c1ccc(Cn2cc(-c3ccc(Cl)cc3Cl)nc2C=Cc2ccc(-c3ccccc3)cc2NS(=O)(=O)C(F)(F)F)cc1. The summed E-state index contributed by atoms with van der Waals surface area (Å²) in [5.41, 5.74) is -2.60. The van der Waals surface area contributed by atoms with Crippen LogP contribution in [0, 0.1) is 0 Å². The smallest absolute Gasteiger partial charge is 0.478 e. The number of carbonyl (C=O) groups is 1. The van der Waals surface area contributed by atoms with E-state index in [2.05, 4.69) is 4.98 Å². The highest BCUT2D eigenvalue weighted by Crippen LogP contribution is 2.33. The maximum atomic E-state index is 13.3. The molecule has 0 fully saturated rings. The van der Waals surface area contributed by atoms with Gasteiger partial charge in [-0.1, -0.05) is 77.8 Å². The predicted molar refractivity (Wildman–Crippen MR) is 170 cm³/mol. The Morgan fingerprint density at radius 1 is 0.911 bits per heavy atom. The third-order valence-electron chi connectivity index (χ3n) is 6.69. The molecule has 13 heteroatoms. The van der Waals surface area contributed by atoms with E-state index in [-0.39, 0.29) is 23.4 Å². The van der Waals surface area contributed by atoms with Crippen LogP contribution in [0.2, 0.25) is 10.0 Å². The molecule has 0 unspecified atom stereocenters. The molecule has 1 heterocycles. The second kappa shape index (κ2) is 12.8. The van der Waals surface area contributed by atoms with Crippen molar-refractivity contribution >= 4 is 57.0 Å². The van der Waals surface area contributed by atoms with Gasteiger partial charge < -0.3 is 9.67 Å². The Bertz CT molecular complexity index is 2010. The van der Waals surface area contributed by atoms with E-state index in [1.54, 1.807) is 82.2 Å². The molecule has 0 spiro atoms. The highest BCUT2D eigenvalue weighted by molar-refractivity contribution is 7.93. The maximum absolute atomic E-state index is 13.3. The molecule has 7 nitrogen and oxygen atoms in total. The molecule has 0 amide bonds. The van der Waals surface area contributed by atoms with Crippen LogP contribution >= 0.6 is 23.2 Å². The van der Waals surface area contributed by atoms with Crippen LogP contribution in [0.5, 0.6) is 0 Å². The lowest BCUT2D eigenvalue weighted by Gasteiger charge is -2.14. The van der Waals surface area contributed by atoms with E-state index in [9.17, 15) is 31.5 Å². The zero-order chi connectivity index (χ0) is 32.4. The quantitative estimate of drug-likeness (QED) is 0.163. The van der Waals surface area contributed by atoms with Crippen molar-refractivity contribution in [1.82, 2.24) is 9.55 Å². The number of anilines is 1. The van der Waals surface area contributed by atoms with E-state index < -0.39 is 21.5 Å². The standard InChI is InChI=1S/C32H22Cl2F3N3O4S/c33-25-13-14-26(27(34)17-25)29-19-40(18-20-6-8-23(9-7-20)31(41)42)30(38-29)15-12-22-10-11-24(21-4-2-1-3-5-21)16-28(22)39-45(43,44)32(35,36)37/h1-17,19,39H,18H2,(H,41,42). The molecule has 0 bridgehead atoms. The first-order valence-electron chi connectivity index (χ1n) is 13.1. The van der Waals surface area contributed by atoms with Gasteiger partial charge in [0, 0.05) is 23.3 Å². The molecule has 0 aliphatic heterocycles. The number of rotatable bonds is 9. The van der Waals surface area contributed by atoms with Crippen LogP contribution in [-0.2, 0) is 16.6 Å². The summed E-state index contributed by atoms with van der Waals surface area (Å²) in [7, 11) is -5.73. The number of nitrogens with zero attached hydrogens (tertiary/aromatic N) is 2. The minimum absolute atomic E-state index is 0.117. The highest BCUT2D eigenvalue weighted by atomic mass is 35.5. The molecular weight excluding hydrogens is 650 g/mol.